The second-order valence-electron chi connectivity index (χ2n) is 9.37. The van der Waals surface area contributed by atoms with Crippen molar-refractivity contribution < 1.29 is 28.4 Å². The van der Waals surface area contributed by atoms with E-state index in [0.717, 1.165) is 44.9 Å². The van der Waals surface area contributed by atoms with Gasteiger partial charge in [0.15, 0.2) is 0 Å². The van der Waals surface area contributed by atoms with Gasteiger partial charge < -0.3 is 28.9 Å². The Morgan fingerprint density at radius 2 is 1.63 bits per heavy atom. The zero-order chi connectivity index (χ0) is 23.0. The third-order valence-corrected chi connectivity index (χ3v) is 6.57. The van der Waals surface area contributed by atoms with Crippen LogP contribution in [-0.4, -0.2) is 68.1 Å². The number of likely N-dealkylation sites (N-methyl/N-ethyl adjacent to an activating group) is 1. The van der Waals surface area contributed by atoms with E-state index in [1.807, 2.05) is 21.1 Å². The quantitative estimate of drug-likeness (QED) is 0.178. The highest BCUT2D eigenvalue weighted by Crippen LogP contribution is 2.38. The molecule has 0 aliphatic carbocycles. The maximum absolute atomic E-state index is 12.3. The highest BCUT2D eigenvalue weighted by atomic mass is 31.2. The van der Waals surface area contributed by atoms with Crippen LogP contribution in [0.3, 0.4) is 0 Å². The fourth-order valence-corrected chi connectivity index (χ4v) is 4.23. The van der Waals surface area contributed by atoms with E-state index in [0.29, 0.717) is 23.9 Å². The van der Waals surface area contributed by atoms with Gasteiger partial charge in [0.25, 0.3) is 0 Å². The Morgan fingerprint density at radius 1 is 1.03 bits per heavy atom. The molecule has 0 aromatic carbocycles. The third-order valence-electron chi connectivity index (χ3n) is 5.19. The van der Waals surface area contributed by atoms with Gasteiger partial charge in [0, 0.05) is 12.6 Å². The maximum atomic E-state index is 12.3. The Morgan fingerprint density at radius 3 is 2.23 bits per heavy atom. The Balaban J connectivity index is 4.68. The fraction of sp³-hybridized carbons (Fsp3) is 0.955. The fourth-order valence-electron chi connectivity index (χ4n) is 3.15. The van der Waals surface area contributed by atoms with E-state index in [-0.39, 0.29) is 25.1 Å². The zero-order valence-corrected chi connectivity index (χ0v) is 20.9. The Hall–Kier alpha value is -0.460. The molecule has 7 nitrogen and oxygen atoms in total. The first-order valence-corrected chi connectivity index (χ1v) is 13.5. The highest BCUT2D eigenvalue weighted by Gasteiger charge is 2.23. The molecule has 0 spiro atoms. The second kappa shape index (κ2) is 16.2. The number of nitrogens with zero attached hydrogens (tertiary/aromatic N) is 1. The molecule has 0 bridgehead atoms. The number of hydrogen-bond acceptors (Lipinski definition) is 5. The molecule has 0 aromatic rings. The molecule has 0 aromatic heterocycles. The van der Waals surface area contributed by atoms with E-state index in [4.69, 9.17) is 4.52 Å². The maximum Gasteiger partial charge on any atom is 0.220 e. The van der Waals surface area contributed by atoms with Crippen LogP contribution in [-0.2, 0) is 13.9 Å². The standard InChI is InChI=1S/C22H47N2O5P/c1-6-8-10-11-13-14-21(25)20(23-22(26)15-12-9-7-2)16-19-30(27,28)29-18-17-24(3,4)5/h20-21,25H,6-19H2,1-5H3,(H-,23,26,27,28). The van der Waals surface area contributed by atoms with E-state index in [2.05, 4.69) is 19.2 Å². The molecule has 3 atom stereocenters. The van der Waals surface area contributed by atoms with Gasteiger partial charge in [0.05, 0.1) is 33.3 Å². The Kier molecular flexibility index (Phi) is 16.0. The van der Waals surface area contributed by atoms with Crippen LogP contribution < -0.4 is 10.2 Å². The van der Waals surface area contributed by atoms with Crippen molar-refractivity contribution in [2.45, 2.75) is 96.6 Å². The molecule has 0 aliphatic heterocycles. The first-order valence-electron chi connectivity index (χ1n) is 11.7. The summed E-state index contributed by atoms with van der Waals surface area (Å²) in [6, 6.07) is -0.561. The van der Waals surface area contributed by atoms with Gasteiger partial charge in [-0.05, 0) is 19.3 Å². The van der Waals surface area contributed by atoms with Crippen LogP contribution in [0.2, 0.25) is 0 Å². The van der Waals surface area contributed by atoms with E-state index in [9.17, 15) is 19.4 Å². The minimum atomic E-state index is -4.00. The van der Waals surface area contributed by atoms with Gasteiger partial charge >= 0.3 is 0 Å². The van der Waals surface area contributed by atoms with Gasteiger partial charge in [0.2, 0.25) is 5.91 Å². The number of carbonyl (C=O) groups excluding carboxylic acids is 1. The molecule has 1 amide bonds. The molecule has 8 heteroatoms. The van der Waals surface area contributed by atoms with Crippen molar-refractivity contribution in [2.75, 3.05) is 40.5 Å². The lowest BCUT2D eigenvalue weighted by atomic mass is 10.0. The summed E-state index contributed by atoms with van der Waals surface area (Å²) in [4.78, 5) is 24.5. The SMILES string of the molecule is CCCCCCCC(O)C(CCP(=O)([O-])OCC[N+](C)(C)C)NC(=O)CCCCC. The second-order valence-corrected chi connectivity index (χ2v) is 11.3. The summed E-state index contributed by atoms with van der Waals surface area (Å²) in [5.41, 5.74) is 0. The number of unbranched alkanes of at least 4 members (excludes halogenated alkanes) is 6. The minimum Gasteiger partial charge on any atom is -0.778 e. The summed E-state index contributed by atoms with van der Waals surface area (Å²) in [5, 5.41) is 13.5. The third kappa shape index (κ3) is 17.2. The van der Waals surface area contributed by atoms with Crippen LogP contribution in [0.1, 0.15) is 84.5 Å². The molecular weight excluding hydrogens is 403 g/mol. The summed E-state index contributed by atoms with van der Waals surface area (Å²) >= 11 is 0. The van der Waals surface area contributed by atoms with E-state index in [1.54, 1.807) is 0 Å². The first kappa shape index (κ1) is 29.5. The highest BCUT2D eigenvalue weighted by molar-refractivity contribution is 7.51. The molecule has 0 fully saturated rings. The smallest absolute Gasteiger partial charge is 0.220 e. The first-order chi connectivity index (χ1) is 14.0. The van der Waals surface area contributed by atoms with E-state index >= 15 is 0 Å². The summed E-state index contributed by atoms with van der Waals surface area (Å²) in [7, 11) is 1.91. The van der Waals surface area contributed by atoms with Crippen molar-refractivity contribution in [3.8, 4) is 0 Å². The van der Waals surface area contributed by atoms with Crippen LogP contribution in [0.25, 0.3) is 0 Å². The van der Waals surface area contributed by atoms with Crippen LogP contribution in [0.5, 0.6) is 0 Å². The minimum absolute atomic E-state index is 0.120. The van der Waals surface area contributed by atoms with Crippen molar-refractivity contribution in [1.82, 2.24) is 5.32 Å². The summed E-state index contributed by atoms with van der Waals surface area (Å²) in [6.45, 7) is 4.96. The van der Waals surface area contributed by atoms with Crippen LogP contribution in [0.15, 0.2) is 0 Å². The van der Waals surface area contributed by atoms with Crippen LogP contribution >= 0.6 is 7.60 Å². The van der Waals surface area contributed by atoms with Gasteiger partial charge in [-0.15, -0.1) is 0 Å². The molecule has 0 heterocycles. The Bertz CT molecular complexity index is 496. The van der Waals surface area contributed by atoms with Crippen LogP contribution in [0.4, 0.5) is 0 Å². The van der Waals surface area contributed by atoms with Crippen molar-refractivity contribution in [2.24, 2.45) is 0 Å². The number of amides is 1. The predicted octanol–water partition coefficient (Wildman–Crippen LogP) is 3.44. The number of rotatable bonds is 19. The number of nitrogens with one attached hydrogen (secondary N) is 1. The average Bonchev–Trinajstić information content (AvgIpc) is 2.63. The monoisotopic (exact) mass is 450 g/mol. The summed E-state index contributed by atoms with van der Waals surface area (Å²) in [5.74, 6) is -0.120. The molecule has 0 aliphatic rings. The molecule has 0 radical (unpaired) electrons. The van der Waals surface area contributed by atoms with Gasteiger partial charge in [-0.25, -0.2) is 0 Å². The van der Waals surface area contributed by atoms with E-state index < -0.39 is 19.7 Å². The molecule has 180 valence electrons. The number of hydrogen-bond donors (Lipinski definition) is 2. The zero-order valence-electron chi connectivity index (χ0n) is 20.0. The molecule has 0 rings (SSSR count). The number of aliphatic hydroxyl groups excluding tert-OH is 1. The molecule has 30 heavy (non-hydrogen) atoms. The van der Waals surface area contributed by atoms with Gasteiger partial charge in [-0.2, -0.15) is 0 Å². The van der Waals surface area contributed by atoms with Gasteiger partial charge in [-0.1, -0.05) is 58.8 Å². The van der Waals surface area contributed by atoms with Crippen molar-refractivity contribution in [3.05, 3.63) is 0 Å². The lowest BCUT2D eigenvalue weighted by Gasteiger charge is -2.30. The predicted molar refractivity (Wildman–Crippen MR) is 121 cm³/mol. The normalized spacial score (nSPS) is 16.1. The molecule has 3 unspecified atom stereocenters. The topological polar surface area (TPSA) is 98.7 Å². The lowest BCUT2D eigenvalue weighted by molar-refractivity contribution is -0.870. The van der Waals surface area contributed by atoms with Crippen molar-refractivity contribution in [1.29, 1.82) is 0 Å². The average molecular weight is 451 g/mol. The van der Waals surface area contributed by atoms with Gasteiger partial charge in [0.1, 0.15) is 20.7 Å². The molecule has 0 saturated carbocycles. The molecular formula is C22H47N2O5P. The van der Waals surface area contributed by atoms with Crippen LogP contribution in [0, 0.1) is 0 Å². The van der Waals surface area contributed by atoms with Crippen molar-refractivity contribution in [3.63, 3.8) is 0 Å². The number of quaternary nitrogens is 1. The number of aliphatic hydroxyl groups is 1. The summed E-state index contributed by atoms with van der Waals surface area (Å²) < 4.78 is 18.0. The lowest BCUT2D eigenvalue weighted by Crippen LogP contribution is -2.44. The summed E-state index contributed by atoms with van der Waals surface area (Å²) in [6.07, 6.45) is 8.40. The largest absolute Gasteiger partial charge is 0.778 e. The number of carbonyl (C=O) groups is 1. The molecule has 0 saturated heterocycles. The van der Waals surface area contributed by atoms with Gasteiger partial charge in [-0.3, -0.25) is 4.79 Å². The Labute approximate surface area is 184 Å². The van der Waals surface area contributed by atoms with Crippen molar-refractivity contribution >= 4 is 13.5 Å². The molecule has 2 N–H and O–H groups in total. The van der Waals surface area contributed by atoms with E-state index in [1.165, 1.54) is 6.42 Å².